The van der Waals surface area contributed by atoms with Gasteiger partial charge in [-0.2, -0.15) is 16.9 Å². The van der Waals surface area contributed by atoms with Crippen LogP contribution in [0.15, 0.2) is 30.3 Å². The minimum atomic E-state index is -0.0956. The molecule has 1 saturated heterocycles. The molecule has 1 aliphatic heterocycles. The van der Waals surface area contributed by atoms with Gasteiger partial charge in [0.15, 0.2) is 0 Å². The SMILES string of the molecule is COc1cccc(-c2cc(C(=O)NCCSC3CCOCC3)n(C)n2)c1. The fraction of sp³-hybridized carbons (Fsp3) is 0.474. The third kappa shape index (κ3) is 4.80. The van der Waals surface area contributed by atoms with Crippen LogP contribution in [0.4, 0.5) is 0 Å². The Morgan fingerprint density at radius 3 is 2.96 bits per heavy atom. The van der Waals surface area contributed by atoms with Crippen molar-refractivity contribution in [2.24, 2.45) is 7.05 Å². The van der Waals surface area contributed by atoms with Gasteiger partial charge in [-0.15, -0.1) is 0 Å². The standard InChI is InChI=1S/C19H25N3O3S/c1-22-18(13-17(21-22)14-4-3-5-15(12-14)24-2)19(23)20-8-11-26-16-6-9-25-10-7-16/h3-5,12-13,16H,6-11H2,1-2H3,(H,20,23). The number of thioether (sulfide) groups is 1. The quantitative estimate of drug-likeness (QED) is 0.754. The van der Waals surface area contributed by atoms with Gasteiger partial charge < -0.3 is 14.8 Å². The van der Waals surface area contributed by atoms with E-state index in [9.17, 15) is 4.79 Å². The maximum Gasteiger partial charge on any atom is 0.269 e. The number of nitrogens with zero attached hydrogens (tertiary/aromatic N) is 2. The summed E-state index contributed by atoms with van der Waals surface area (Å²) in [5.41, 5.74) is 2.24. The Morgan fingerprint density at radius 1 is 1.38 bits per heavy atom. The monoisotopic (exact) mass is 375 g/mol. The third-order valence-corrected chi connectivity index (χ3v) is 5.77. The van der Waals surface area contributed by atoms with Crippen LogP contribution in [0.3, 0.4) is 0 Å². The fourth-order valence-electron chi connectivity index (χ4n) is 2.93. The van der Waals surface area contributed by atoms with E-state index < -0.39 is 0 Å². The first-order valence-corrected chi connectivity index (χ1v) is 9.88. The van der Waals surface area contributed by atoms with E-state index in [2.05, 4.69) is 10.4 Å². The number of amides is 1. The Balaban J connectivity index is 1.55. The lowest BCUT2D eigenvalue weighted by Crippen LogP contribution is -2.28. The van der Waals surface area contributed by atoms with Crippen LogP contribution in [-0.4, -0.2) is 53.6 Å². The molecule has 26 heavy (non-hydrogen) atoms. The van der Waals surface area contributed by atoms with Gasteiger partial charge in [0.1, 0.15) is 11.4 Å². The predicted molar refractivity (Wildman–Crippen MR) is 104 cm³/mol. The van der Waals surface area contributed by atoms with E-state index in [1.54, 1.807) is 18.8 Å². The molecule has 2 aromatic rings. The van der Waals surface area contributed by atoms with Crippen molar-refractivity contribution < 1.29 is 14.3 Å². The van der Waals surface area contributed by atoms with Crippen LogP contribution in [0.5, 0.6) is 5.75 Å². The third-order valence-electron chi connectivity index (χ3n) is 4.39. The Kier molecular flexibility index (Phi) is 6.57. The minimum absolute atomic E-state index is 0.0956. The molecule has 2 heterocycles. The van der Waals surface area contributed by atoms with E-state index in [4.69, 9.17) is 9.47 Å². The van der Waals surface area contributed by atoms with Crippen LogP contribution in [0.1, 0.15) is 23.3 Å². The molecule has 0 spiro atoms. The Morgan fingerprint density at radius 2 is 2.19 bits per heavy atom. The first kappa shape index (κ1) is 18.8. The molecule has 6 nitrogen and oxygen atoms in total. The first-order valence-electron chi connectivity index (χ1n) is 8.83. The summed E-state index contributed by atoms with van der Waals surface area (Å²) in [6.07, 6.45) is 2.20. The van der Waals surface area contributed by atoms with Gasteiger partial charge in [0.2, 0.25) is 0 Å². The van der Waals surface area contributed by atoms with Crippen molar-refractivity contribution in [1.82, 2.24) is 15.1 Å². The average molecular weight is 375 g/mol. The summed E-state index contributed by atoms with van der Waals surface area (Å²) in [6.45, 7) is 2.36. The highest BCUT2D eigenvalue weighted by Crippen LogP contribution is 2.24. The number of hydrogen-bond acceptors (Lipinski definition) is 5. The van der Waals surface area contributed by atoms with Gasteiger partial charge in [-0.05, 0) is 31.0 Å². The Bertz CT molecular complexity index is 741. The summed E-state index contributed by atoms with van der Waals surface area (Å²) in [5.74, 6) is 1.59. The van der Waals surface area contributed by atoms with Crippen LogP contribution in [0.25, 0.3) is 11.3 Å². The maximum atomic E-state index is 12.5. The molecule has 1 amide bonds. The van der Waals surface area contributed by atoms with Crippen LogP contribution in [0, 0.1) is 0 Å². The largest absolute Gasteiger partial charge is 0.497 e. The van der Waals surface area contributed by atoms with Crippen molar-refractivity contribution in [1.29, 1.82) is 0 Å². The van der Waals surface area contributed by atoms with E-state index >= 15 is 0 Å². The minimum Gasteiger partial charge on any atom is -0.497 e. The van der Waals surface area contributed by atoms with Gasteiger partial charge in [0.05, 0.1) is 12.8 Å². The Labute approximate surface area is 158 Å². The molecule has 0 bridgehead atoms. The van der Waals surface area contributed by atoms with Gasteiger partial charge in [0.25, 0.3) is 5.91 Å². The Hall–Kier alpha value is -1.99. The summed E-state index contributed by atoms with van der Waals surface area (Å²) in [7, 11) is 3.42. The number of carbonyl (C=O) groups is 1. The highest BCUT2D eigenvalue weighted by Gasteiger charge is 2.16. The van der Waals surface area contributed by atoms with Gasteiger partial charge in [-0.1, -0.05) is 12.1 Å². The lowest BCUT2D eigenvalue weighted by atomic mass is 10.1. The van der Waals surface area contributed by atoms with Crippen molar-refractivity contribution in [3.05, 3.63) is 36.0 Å². The molecule has 140 valence electrons. The molecule has 1 fully saturated rings. The topological polar surface area (TPSA) is 65.4 Å². The molecule has 1 aliphatic rings. The van der Waals surface area contributed by atoms with Gasteiger partial charge in [-0.3, -0.25) is 9.48 Å². The number of aryl methyl sites for hydroxylation is 1. The number of carbonyl (C=O) groups excluding carboxylic acids is 1. The number of ether oxygens (including phenoxy) is 2. The molecule has 1 aromatic heterocycles. The molecule has 3 rings (SSSR count). The van der Waals surface area contributed by atoms with Crippen molar-refractivity contribution in [3.8, 4) is 17.0 Å². The molecule has 0 saturated carbocycles. The number of methoxy groups -OCH3 is 1. The molecule has 0 aliphatic carbocycles. The molecule has 7 heteroatoms. The highest BCUT2D eigenvalue weighted by atomic mass is 32.2. The second-order valence-electron chi connectivity index (χ2n) is 6.21. The van der Waals surface area contributed by atoms with Crippen LogP contribution in [-0.2, 0) is 11.8 Å². The van der Waals surface area contributed by atoms with E-state index in [-0.39, 0.29) is 5.91 Å². The molecule has 0 unspecified atom stereocenters. The van der Waals surface area contributed by atoms with Gasteiger partial charge in [0, 0.05) is 43.4 Å². The summed E-state index contributed by atoms with van der Waals surface area (Å²) in [5, 5.41) is 8.10. The first-order chi connectivity index (χ1) is 12.7. The molecule has 0 radical (unpaired) electrons. The van der Waals surface area contributed by atoms with Crippen LogP contribution in [0.2, 0.25) is 0 Å². The summed E-state index contributed by atoms with van der Waals surface area (Å²) < 4.78 is 12.2. The molecule has 0 atom stereocenters. The predicted octanol–water partition coefficient (Wildman–Crippen LogP) is 2.74. The molecule has 1 N–H and O–H groups in total. The van der Waals surface area contributed by atoms with Crippen LogP contribution >= 0.6 is 11.8 Å². The van der Waals surface area contributed by atoms with Gasteiger partial charge in [-0.25, -0.2) is 0 Å². The van der Waals surface area contributed by atoms with Crippen molar-refractivity contribution >= 4 is 17.7 Å². The maximum absolute atomic E-state index is 12.5. The van der Waals surface area contributed by atoms with E-state index in [0.717, 1.165) is 48.8 Å². The normalized spacial score (nSPS) is 15.0. The zero-order valence-electron chi connectivity index (χ0n) is 15.2. The highest BCUT2D eigenvalue weighted by molar-refractivity contribution is 7.99. The average Bonchev–Trinajstić information content (AvgIpc) is 3.08. The van der Waals surface area contributed by atoms with E-state index in [1.165, 1.54) is 0 Å². The van der Waals surface area contributed by atoms with Crippen molar-refractivity contribution in [2.45, 2.75) is 18.1 Å². The number of hydrogen-bond donors (Lipinski definition) is 1. The van der Waals surface area contributed by atoms with Crippen molar-refractivity contribution in [3.63, 3.8) is 0 Å². The number of aromatic nitrogens is 2. The second kappa shape index (κ2) is 9.09. The molecule has 1 aromatic carbocycles. The zero-order valence-corrected chi connectivity index (χ0v) is 16.1. The van der Waals surface area contributed by atoms with Crippen molar-refractivity contribution in [2.75, 3.05) is 32.6 Å². The lowest BCUT2D eigenvalue weighted by Gasteiger charge is -2.21. The van der Waals surface area contributed by atoms with E-state index in [0.29, 0.717) is 17.5 Å². The summed E-state index contributed by atoms with van der Waals surface area (Å²) >= 11 is 1.91. The number of nitrogens with one attached hydrogen (secondary N) is 1. The molecular weight excluding hydrogens is 350 g/mol. The summed E-state index contributed by atoms with van der Waals surface area (Å²) in [4.78, 5) is 12.5. The fourth-order valence-corrected chi connectivity index (χ4v) is 4.01. The summed E-state index contributed by atoms with van der Waals surface area (Å²) in [6, 6.07) is 9.48. The van der Waals surface area contributed by atoms with Gasteiger partial charge >= 0.3 is 0 Å². The number of benzene rings is 1. The zero-order chi connectivity index (χ0) is 18.4. The van der Waals surface area contributed by atoms with Crippen LogP contribution < -0.4 is 10.1 Å². The smallest absolute Gasteiger partial charge is 0.269 e. The van der Waals surface area contributed by atoms with E-state index in [1.807, 2.05) is 42.1 Å². The lowest BCUT2D eigenvalue weighted by molar-refractivity contribution is 0.0946. The number of rotatable bonds is 7. The second-order valence-corrected chi connectivity index (χ2v) is 7.62. The molecular formula is C19H25N3O3S.